The number of imidazole rings is 1. The smallest absolute Gasteiger partial charge is 0.256 e. The zero-order valence-electron chi connectivity index (χ0n) is 15.6. The van der Waals surface area contributed by atoms with Crippen LogP contribution < -0.4 is 0 Å². The maximum atomic E-state index is 13.4. The third-order valence-electron chi connectivity index (χ3n) is 5.27. The molecular formula is C22H24N4O. The second kappa shape index (κ2) is 7.74. The van der Waals surface area contributed by atoms with Crippen molar-refractivity contribution in [2.24, 2.45) is 5.92 Å². The first-order valence-corrected chi connectivity index (χ1v) is 9.48. The molecule has 0 saturated carbocycles. The molecule has 1 aliphatic heterocycles. The van der Waals surface area contributed by atoms with Crippen molar-refractivity contribution in [3.8, 4) is 11.1 Å². The summed E-state index contributed by atoms with van der Waals surface area (Å²) in [6.07, 6.45) is 9.59. The van der Waals surface area contributed by atoms with Gasteiger partial charge >= 0.3 is 0 Å². The fourth-order valence-electron chi connectivity index (χ4n) is 3.94. The molecule has 3 aromatic rings. The van der Waals surface area contributed by atoms with E-state index in [0.717, 1.165) is 54.9 Å². The normalized spacial score (nSPS) is 17.1. The summed E-state index contributed by atoms with van der Waals surface area (Å²) in [4.78, 5) is 24.0. The molecule has 0 spiro atoms. The minimum absolute atomic E-state index is 0.0924. The van der Waals surface area contributed by atoms with E-state index in [9.17, 15) is 4.79 Å². The zero-order chi connectivity index (χ0) is 18.6. The van der Waals surface area contributed by atoms with Crippen molar-refractivity contribution in [2.75, 3.05) is 13.1 Å². The molecule has 5 heteroatoms. The van der Waals surface area contributed by atoms with E-state index in [1.165, 1.54) is 0 Å². The molecule has 1 saturated heterocycles. The van der Waals surface area contributed by atoms with E-state index >= 15 is 0 Å². The molecular weight excluding hydrogens is 336 g/mol. The van der Waals surface area contributed by atoms with E-state index in [2.05, 4.69) is 14.5 Å². The molecule has 1 aromatic carbocycles. The first kappa shape index (κ1) is 17.5. The van der Waals surface area contributed by atoms with Gasteiger partial charge in [0, 0.05) is 38.2 Å². The summed E-state index contributed by atoms with van der Waals surface area (Å²) in [7, 11) is 0. The van der Waals surface area contributed by atoms with Crippen LogP contribution in [0.3, 0.4) is 0 Å². The number of hydrogen-bond acceptors (Lipinski definition) is 3. The maximum absolute atomic E-state index is 13.4. The summed E-state index contributed by atoms with van der Waals surface area (Å²) in [6.45, 7) is 4.41. The minimum Gasteiger partial charge on any atom is -0.338 e. The van der Waals surface area contributed by atoms with Gasteiger partial charge in [0.05, 0.1) is 17.6 Å². The van der Waals surface area contributed by atoms with Crippen molar-refractivity contribution in [3.05, 3.63) is 72.6 Å². The topological polar surface area (TPSA) is 51.0 Å². The van der Waals surface area contributed by atoms with Gasteiger partial charge in [-0.3, -0.25) is 9.78 Å². The quantitative estimate of drug-likeness (QED) is 0.711. The Morgan fingerprint density at radius 2 is 2.04 bits per heavy atom. The van der Waals surface area contributed by atoms with Gasteiger partial charge in [-0.2, -0.15) is 0 Å². The number of carbonyl (C=O) groups is 1. The highest BCUT2D eigenvalue weighted by Crippen LogP contribution is 2.28. The number of nitrogens with zero attached hydrogens (tertiary/aromatic N) is 4. The average Bonchev–Trinajstić information content (AvgIpc) is 3.21. The predicted molar refractivity (Wildman–Crippen MR) is 105 cm³/mol. The Morgan fingerprint density at radius 1 is 1.19 bits per heavy atom. The largest absolute Gasteiger partial charge is 0.338 e. The van der Waals surface area contributed by atoms with Crippen LogP contribution in [0.1, 0.15) is 28.9 Å². The summed E-state index contributed by atoms with van der Waals surface area (Å²) in [6, 6.07) is 12.0. The van der Waals surface area contributed by atoms with Crippen LogP contribution in [0, 0.1) is 12.8 Å². The predicted octanol–water partition coefficient (Wildman–Crippen LogP) is 3.81. The third-order valence-corrected chi connectivity index (χ3v) is 5.27. The molecule has 0 radical (unpaired) electrons. The van der Waals surface area contributed by atoms with Gasteiger partial charge in [0.15, 0.2) is 0 Å². The van der Waals surface area contributed by atoms with Crippen molar-refractivity contribution in [1.29, 1.82) is 0 Å². The number of carbonyl (C=O) groups excluding carboxylic acids is 1. The molecule has 138 valence electrons. The van der Waals surface area contributed by atoms with E-state index in [1.807, 2.05) is 60.7 Å². The van der Waals surface area contributed by atoms with Crippen LogP contribution in [0.5, 0.6) is 0 Å². The number of aromatic nitrogens is 3. The molecule has 4 rings (SSSR count). The van der Waals surface area contributed by atoms with Crippen LogP contribution in [0.15, 0.2) is 61.3 Å². The summed E-state index contributed by atoms with van der Waals surface area (Å²) >= 11 is 0. The fourth-order valence-corrected chi connectivity index (χ4v) is 3.94. The third kappa shape index (κ3) is 3.77. The molecule has 0 bridgehead atoms. The van der Waals surface area contributed by atoms with Crippen molar-refractivity contribution < 1.29 is 4.79 Å². The van der Waals surface area contributed by atoms with Gasteiger partial charge in [-0.15, -0.1) is 0 Å². The van der Waals surface area contributed by atoms with Crippen molar-refractivity contribution in [1.82, 2.24) is 19.4 Å². The van der Waals surface area contributed by atoms with Gasteiger partial charge in [-0.05, 0) is 42.9 Å². The van der Waals surface area contributed by atoms with Gasteiger partial charge in [0.2, 0.25) is 0 Å². The minimum atomic E-state index is 0.0924. The Bertz CT molecular complexity index is 905. The van der Waals surface area contributed by atoms with Crippen LogP contribution in [-0.4, -0.2) is 38.4 Å². The van der Waals surface area contributed by atoms with Crippen molar-refractivity contribution in [3.63, 3.8) is 0 Å². The molecule has 1 amide bonds. The Balaban J connectivity index is 1.59. The van der Waals surface area contributed by atoms with Gasteiger partial charge in [0.25, 0.3) is 5.91 Å². The second-order valence-corrected chi connectivity index (χ2v) is 7.20. The Morgan fingerprint density at radius 3 is 2.81 bits per heavy atom. The molecule has 0 aliphatic carbocycles. The van der Waals surface area contributed by atoms with Crippen LogP contribution >= 0.6 is 0 Å². The molecule has 2 aromatic heterocycles. The van der Waals surface area contributed by atoms with Gasteiger partial charge in [-0.1, -0.05) is 30.3 Å². The first-order valence-electron chi connectivity index (χ1n) is 9.48. The molecule has 1 fully saturated rings. The number of piperidine rings is 1. The van der Waals surface area contributed by atoms with Crippen LogP contribution in [-0.2, 0) is 6.54 Å². The summed E-state index contributed by atoms with van der Waals surface area (Å²) in [5, 5.41) is 0. The van der Waals surface area contributed by atoms with E-state index in [1.54, 1.807) is 12.4 Å². The molecule has 3 heterocycles. The van der Waals surface area contributed by atoms with Gasteiger partial charge in [0.1, 0.15) is 0 Å². The zero-order valence-corrected chi connectivity index (χ0v) is 15.6. The number of aryl methyl sites for hydroxylation is 1. The summed E-state index contributed by atoms with van der Waals surface area (Å²) in [5.74, 6) is 0.545. The summed E-state index contributed by atoms with van der Waals surface area (Å²) < 4.78 is 2.10. The fraction of sp³-hybridized carbons (Fsp3) is 0.318. The highest BCUT2D eigenvalue weighted by Gasteiger charge is 2.27. The standard InChI is InChI=1S/C22H24N4O/c1-17-21(20(9-10-24-17)19-7-3-2-4-8-19)22(27)26-12-5-6-18(15-26)14-25-13-11-23-16-25/h2-4,7-11,13,16,18H,5-6,12,14-15H2,1H3/t18-/m0/s1. The van der Waals surface area contributed by atoms with Crippen LogP contribution in [0.2, 0.25) is 0 Å². The number of benzene rings is 1. The van der Waals surface area contributed by atoms with E-state index in [0.29, 0.717) is 5.92 Å². The lowest BCUT2D eigenvalue weighted by Gasteiger charge is -2.33. The van der Waals surface area contributed by atoms with Crippen LogP contribution in [0.25, 0.3) is 11.1 Å². The molecule has 0 unspecified atom stereocenters. The number of hydrogen-bond donors (Lipinski definition) is 0. The molecule has 5 nitrogen and oxygen atoms in total. The lowest BCUT2D eigenvalue weighted by atomic mass is 9.94. The number of likely N-dealkylation sites (tertiary alicyclic amines) is 1. The van der Waals surface area contributed by atoms with Crippen molar-refractivity contribution >= 4 is 5.91 Å². The monoisotopic (exact) mass is 360 g/mol. The number of rotatable bonds is 4. The Labute approximate surface area is 159 Å². The van der Waals surface area contributed by atoms with E-state index in [4.69, 9.17) is 0 Å². The Hall–Kier alpha value is -2.95. The molecule has 1 atom stereocenters. The Kier molecular flexibility index (Phi) is 5.01. The molecule has 0 N–H and O–H groups in total. The lowest BCUT2D eigenvalue weighted by molar-refractivity contribution is 0.0662. The molecule has 27 heavy (non-hydrogen) atoms. The highest BCUT2D eigenvalue weighted by molar-refractivity contribution is 6.01. The highest BCUT2D eigenvalue weighted by atomic mass is 16.2. The lowest BCUT2D eigenvalue weighted by Crippen LogP contribution is -2.41. The van der Waals surface area contributed by atoms with Gasteiger partial charge in [-0.25, -0.2) is 4.98 Å². The number of pyridine rings is 1. The van der Waals surface area contributed by atoms with Gasteiger partial charge < -0.3 is 9.47 Å². The maximum Gasteiger partial charge on any atom is 0.256 e. The SMILES string of the molecule is Cc1nccc(-c2ccccc2)c1C(=O)N1CCC[C@@H](Cn2ccnc2)C1. The van der Waals surface area contributed by atoms with Crippen LogP contribution in [0.4, 0.5) is 0 Å². The second-order valence-electron chi connectivity index (χ2n) is 7.20. The van der Waals surface area contributed by atoms with Crippen molar-refractivity contribution in [2.45, 2.75) is 26.3 Å². The van der Waals surface area contributed by atoms with E-state index in [-0.39, 0.29) is 5.91 Å². The molecule has 1 aliphatic rings. The average molecular weight is 360 g/mol. The first-order chi connectivity index (χ1) is 13.2. The summed E-state index contributed by atoms with van der Waals surface area (Å²) in [5.41, 5.74) is 3.54. The number of amides is 1. The van der Waals surface area contributed by atoms with E-state index < -0.39 is 0 Å².